The first-order valence-electron chi connectivity index (χ1n) is 9.16. The van der Waals surface area contributed by atoms with E-state index in [4.69, 9.17) is 0 Å². The number of hydrogen-bond donors (Lipinski definition) is 2. The van der Waals surface area contributed by atoms with Crippen LogP contribution in [0, 0.1) is 6.92 Å². The quantitative estimate of drug-likeness (QED) is 0.889. The van der Waals surface area contributed by atoms with E-state index >= 15 is 0 Å². The van der Waals surface area contributed by atoms with E-state index in [1.54, 1.807) is 6.33 Å². The largest absolute Gasteiger partial charge is 0.342 e. The molecule has 2 N–H and O–H groups in total. The predicted octanol–water partition coefficient (Wildman–Crippen LogP) is 3.99. The minimum Gasteiger partial charge on any atom is -0.342 e. The molecule has 1 amide bonds. The zero-order chi connectivity index (χ0) is 17.4. The third-order valence-electron chi connectivity index (χ3n) is 5.57. The lowest BCUT2D eigenvalue weighted by atomic mass is 9.77. The molecule has 1 aromatic carbocycles. The molecule has 2 aliphatic rings. The monoisotopic (exact) mass is 336 g/mol. The maximum atomic E-state index is 12.6. The van der Waals surface area contributed by atoms with Gasteiger partial charge >= 0.3 is 0 Å². The molecule has 1 aromatic heterocycles. The van der Waals surface area contributed by atoms with E-state index < -0.39 is 0 Å². The summed E-state index contributed by atoms with van der Waals surface area (Å²) < 4.78 is 0. The number of anilines is 2. The van der Waals surface area contributed by atoms with E-state index in [1.807, 2.05) is 19.2 Å². The summed E-state index contributed by atoms with van der Waals surface area (Å²) in [7, 11) is 0. The highest BCUT2D eigenvalue weighted by molar-refractivity contribution is 6.02. The Hall–Kier alpha value is -2.43. The Morgan fingerprint density at radius 1 is 1.24 bits per heavy atom. The number of fused-ring (bicyclic) bond motifs is 2. The lowest BCUT2D eigenvalue weighted by Gasteiger charge is -2.34. The second-order valence-electron chi connectivity index (χ2n) is 7.19. The summed E-state index contributed by atoms with van der Waals surface area (Å²) in [5.74, 6) is 0.920. The number of nitrogens with one attached hydrogen (secondary N) is 2. The van der Waals surface area contributed by atoms with Gasteiger partial charge in [-0.15, -0.1) is 0 Å². The van der Waals surface area contributed by atoms with Crippen LogP contribution in [-0.4, -0.2) is 15.9 Å². The molecule has 0 bridgehead atoms. The molecule has 1 spiro atoms. The maximum Gasteiger partial charge on any atom is 0.252 e. The smallest absolute Gasteiger partial charge is 0.252 e. The maximum absolute atomic E-state index is 12.6. The molecule has 1 aliphatic carbocycles. The number of aryl methyl sites for hydroxylation is 2. The third-order valence-corrected chi connectivity index (χ3v) is 5.57. The second kappa shape index (κ2) is 6.14. The lowest BCUT2D eigenvalue weighted by molar-refractivity contribution is 0.0909. The van der Waals surface area contributed by atoms with E-state index in [1.165, 1.54) is 19.3 Å². The van der Waals surface area contributed by atoms with Gasteiger partial charge in [-0.3, -0.25) is 4.79 Å². The summed E-state index contributed by atoms with van der Waals surface area (Å²) in [4.78, 5) is 21.1. The fraction of sp³-hybridized carbons (Fsp3) is 0.450. The van der Waals surface area contributed by atoms with Crippen molar-refractivity contribution in [3.63, 3.8) is 0 Å². The molecule has 5 heteroatoms. The zero-order valence-corrected chi connectivity index (χ0v) is 14.9. The first-order chi connectivity index (χ1) is 12.1. The fourth-order valence-electron chi connectivity index (χ4n) is 4.30. The summed E-state index contributed by atoms with van der Waals surface area (Å²) >= 11 is 0. The van der Waals surface area contributed by atoms with Crippen LogP contribution < -0.4 is 10.6 Å². The molecular weight excluding hydrogens is 312 g/mol. The molecule has 0 atom stereocenters. The van der Waals surface area contributed by atoms with Crippen molar-refractivity contribution in [2.75, 3.05) is 5.32 Å². The molecule has 1 saturated carbocycles. The molecule has 2 aromatic rings. The SMILES string of the molecule is CCc1cncnc1Nc1cc(C)c2c(c1)C1(CCCCC1)NC2=O. The molecule has 130 valence electrons. The summed E-state index contributed by atoms with van der Waals surface area (Å²) in [6, 6.07) is 4.19. The number of hydrogen-bond acceptors (Lipinski definition) is 4. The van der Waals surface area contributed by atoms with Gasteiger partial charge in [0, 0.05) is 23.0 Å². The van der Waals surface area contributed by atoms with Crippen LogP contribution in [0.1, 0.15) is 66.1 Å². The second-order valence-corrected chi connectivity index (χ2v) is 7.19. The Kier molecular flexibility index (Phi) is 3.94. The lowest BCUT2D eigenvalue weighted by Crippen LogP contribution is -2.40. The van der Waals surface area contributed by atoms with Crippen LogP contribution in [0.15, 0.2) is 24.7 Å². The molecule has 0 saturated heterocycles. The number of carbonyl (C=O) groups is 1. The van der Waals surface area contributed by atoms with Crippen LogP contribution in [0.25, 0.3) is 0 Å². The fourth-order valence-corrected chi connectivity index (χ4v) is 4.30. The van der Waals surface area contributed by atoms with Crippen molar-refractivity contribution in [2.24, 2.45) is 0 Å². The van der Waals surface area contributed by atoms with E-state index in [2.05, 4.69) is 33.6 Å². The minimum atomic E-state index is -0.174. The van der Waals surface area contributed by atoms with Gasteiger partial charge in [0.2, 0.25) is 0 Å². The first kappa shape index (κ1) is 16.1. The summed E-state index contributed by atoms with van der Waals surface area (Å²) in [5, 5.41) is 6.74. The minimum absolute atomic E-state index is 0.0808. The first-order valence-corrected chi connectivity index (χ1v) is 9.16. The molecule has 2 heterocycles. The molecule has 0 unspecified atom stereocenters. The summed E-state index contributed by atoms with van der Waals surface area (Å²) in [6.45, 7) is 4.11. The summed E-state index contributed by atoms with van der Waals surface area (Å²) in [5.41, 5.74) is 4.95. The third kappa shape index (κ3) is 2.68. The van der Waals surface area contributed by atoms with Crippen LogP contribution in [0.4, 0.5) is 11.5 Å². The zero-order valence-electron chi connectivity index (χ0n) is 14.9. The van der Waals surface area contributed by atoms with E-state index in [-0.39, 0.29) is 11.4 Å². The van der Waals surface area contributed by atoms with Crippen molar-refractivity contribution in [1.29, 1.82) is 0 Å². The van der Waals surface area contributed by atoms with Crippen molar-refractivity contribution >= 4 is 17.4 Å². The molecule has 25 heavy (non-hydrogen) atoms. The Bertz CT molecular complexity index is 824. The van der Waals surface area contributed by atoms with Crippen LogP contribution in [-0.2, 0) is 12.0 Å². The average Bonchev–Trinajstić information content (AvgIpc) is 2.88. The molecule has 1 aliphatic heterocycles. The highest BCUT2D eigenvalue weighted by Gasteiger charge is 2.44. The standard InChI is InChI=1S/C20H24N4O/c1-3-14-11-21-12-22-18(14)23-15-9-13(2)17-16(10-15)20(24-19(17)25)7-5-4-6-8-20/h9-12H,3-8H2,1-2H3,(H,24,25)(H,21,22,23). The molecule has 4 rings (SSSR count). The highest BCUT2D eigenvalue weighted by Crippen LogP contribution is 2.44. The van der Waals surface area contributed by atoms with Gasteiger partial charge in [0.05, 0.1) is 5.54 Å². The van der Waals surface area contributed by atoms with Gasteiger partial charge in [-0.25, -0.2) is 9.97 Å². The Morgan fingerprint density at radius 3 is 2.80 bits per heavy atom. The van der Waals surface area contributed by atoms with E-state index in [0.29, 0.717) is 0 Å². The average molecular weight is 336 g/mol. The van der Waals surface area contributed by atoms with Crippen LogP contribution in [0.5, 0.6) is 0 Å². The van der Waals surface area contributed by atoms with Gasteiger partial charge in [0.1, 0.15) is 12.1 Å². The topological polar surface area (TPSA) is 66.9 Å². The molecule has 0 radical (unpaired) electrons. The van der Waals surface area contributed by atoms with Gasteiger partial charge < -0.3 is 10.6 Å². The van der Waals surface area contributed by atoms with E-state index in [0.717, 1.165) is 53.0 Å². The number of amides is 1. The van der Waals surface area contributed by atoms with Gasteiger partial charge in [-0.2, -0.15) is 0 Å². The number of aromatic nitrogens is 2. The van der Waals surface area contributed by atoms with Crippen LogP contribution in [0.3, 0.4) is 0 Å². The van der Waals surface area contributed by atoms with Crippen molar-refractivity contribution in [3.8, 4) is 0 Å². The predicted molar refractivity (Wildman–Crippen MR) is 98.1 cm³/mol. The van der Waals surface area contributed by atoms with Gasteiger partial charge in [0.25, 0.3) is 5.91 Å². The number of benzene rings is 1. The normalized spacial score (nSPS) is 18.1. The number of carbonyl (C=O) groups excluding carboxylic acids is 1. The van der Waals surface area contributed by atoms with Crippen molar-refractivity contribution in [3.05, 3.63) is 46.9 Å². The van der Waals surface area contributed by atoms with Crippen molar-refractivity contribution in [1.82, 2.24) is 15.3 Å². The number of nitrogens with zero attached hydrogens (tertiary/aromatic N) is 2. The summed E-state index contributed by atoms with van der Waals surface area (Å²) in [6.07, 6.45) is 9.94. The molecule has 1 fully saturated rings. The van der Waals surface area contributed by atoms with Crippen LogP contribution in [0.2, 0.25) is 0 Å². The number of rotatable bonds is 3. The highest BCUT2D eigenvalue weighted by atomic mass is 16.2. The Balaban J connectivity index is 1.76. The Labute approximate surface area is 148 Å². The molecular formula is C20H24N4O. The van der Waals surface area contributed by atoms with Crippen molar-refractivity contribution in [2.45, 2.75) is 57.9 Å². The van der Waals surface area contributed by atoms with E-state index in [9.17, 15) is 4.79 Å². The Morgan fingerprint density at radius 2 is 2.04 bits per heavy atom. The van der Waals surface area contributed by atoms with Crippen LogP contribution >= 0.6 is 0 Å². The van der Waals surface area contributed by atoms with Crippen molar-refractivity contribution < 1.29 is 4.79 Å². The molecule has 5 nitrogen and oxygen atoms in total. The van der Waals surface area contributed by atoms with Gasteiger partial charge in [0.15, 0.2) is 0 Å². The van der Waals surface area contributed by atoms with Gasteiger partial charge in [-0.05, 0) is 49.4 Å². The van der Waals surface area contributed by atoms with Gasteiger partial charge in [-0.1, -0.05) is 26.2 Å².